The molecule has 3 aromatic heterocycles. The first-order valence-electron chi connectivity index (χ1n) is 6.99. The highest BCUT2D eigenvalue weighted by molar-refractivity contribution is 5.25. The Morgan fingerprint density at radius 3 is 1.45 bits per heavy atom. The molecule has 3 nitrogen and oxygen atoms in total. The van der Waals surface area contributed by atoms with Crippen molar-refractivity contribution < 1.29 is 0 Å². The highest BCUT2D eigenvalue weighted by atomic mass is 15.0. The molecule has 0 unspecified atom stereocenters. The van der Waals surface area contributed by atoms with Crippen molar-refractivity contribution in [2.75, 3.05) is 0 Å². The molecule has 0 aliphatic heterocycles. The third-order valence-corrected chi connectivity index (χ3v) is 4.16. The van der Waals surface area contributed by atoms with E-state index in [2.05, 4.69) is 83.6 Å². The van der Waals surface area contributed by atoms with Crippen LogP contribution in [0.4, 0.5) is 0 Å². The van der Waals surface area contributed by atoms with Gasteiger partial charge in [0.25, 0.3) is 0 Å². The van der Waals surface area contributed by atoms with E-state index in [1.807, 2.05) is 0 Å². The molecule has 0 aromatic carbocycles. The SMILES string of the molecule is Cn1cccc1Cc1ccc(Cc2cccn2C)n1C. The van der Waals surface area contributed by atoms with Gasteiger partial charge in [0.1, 0.15) is 0 Å². The van der Waals surface area contributed by atoms with Crippen molar-refractivity contribution in [3.8, 4) is 0 Å². The molecule has 0 spiro atoms. The van der Waals surface area contributed by atoms with E-state index in [1.54, 1.807) is 0 Å². The number of aryl methyl sites for hydroxylation is 2. The van der Waals surface area contributed by atoms with Crippen molar-refractivity contribution in [1.82, 2.24) is 13.7 Å². The summed E-state index contributed by atoms with van der Waals surface area (Å²) in [6, 6.07) is 13.1. The van der Waals surface area contributed by atoms with Crippen LogP contribution in [0.1, 0.15) is 22.8 Å². The van der Waals surface area contributed by atoms with E-state index in [0.29, 0.717) is 0 Å². The molecule has 3 aromatic rings. The first kappa shape index (κ1) is 12.9. The monoisotopic (exact) mass is 267 g/mol. The Morgan fingerprint density at radius 2 is 1.10 bits per heavy atom. The highest BCUT2D eigenvalue weighted by Crippen LogP contribution is 2.16. The van der Waals surface area contributed by atoms with Gasteiger partial charge in [0, 0.05) is 69.2 Å². The molecule has 0 saturated heterocycles. The molecule has 0 aliphatic rings. The molecule has 0 amide bonds. The van der Waals surface area contributed by atoms with Crippen molar-refractivity contribution in [3.63, 3.8) is 0 Å². The third-order valence-electron chi connectivity index (χ3n) is 4.16. The summed E-state index contributed by atoms with van der Waals surface area (Å²) < 4.78 is 6.69. The summed E-state index contributed by atoms with van der Waals surface area (Å²) in [6.07, 6.45) is 6.16. The largest absolute Gasteiger partial charge is 0.354 e. The van der Waals surface area contributed by atoms with Crippen LogP contribution < -0.4 is 0 Å². The second-order valence-electron chi connectivity index (χ2n) is 5.45. The van der Waals surface area contributed by atoms with Gasteiger partial charge >= 0.3 is 0 Å². The second kappa shape index (κ2) is 5.08. The number of hydrogen-bond donors (Lipinski definition) is 0. The van der Waals surface area contributed by atoms with Crippen LogP contribution in [0.25, 0.3) is 0 Å². The first-order valence-corrected chi connectivity index (χ1v) is 6.99. The van der Waals surface area contributed by atoms with Crippen molar-refractivity contribution in [2.45, 2.75) is 12.8 Å². The summed E-state index contributed by atoms with van der Waals surface area (Å²) in [5, 5.41) is 0. The molecule has 0 atom stereocenters. The molecule has 20 heavy (non-hydrogen) atoms. The van der Waals surface area contributed by atoms with Gasteiger partial charge in [-0.3, -0.25) is 0 Å². The standard InChI is InChI=1S/C17H21N3/c1-18-10-4-6-14(18)12-16-8-9-17(20(16)3)13-15-7-5-11-19(15)2/h4-11H,12-13H2,1-3H3. The summed E-state index contributed by atoms with van der Waals surface area (Å²) in [4.78, 5) is 0. The first-order chi connectivity index (χ1) is 9.65. The zero-order valence-corrected chi connectivity index (χ0v) is 12.4. The Kier molecular flexibility index (Phi) is 3.26. The lowest BCUT2D eigenvalue weighted by Crippen LogP contribution is -2.06. The van der Waals surface area contributed by atoms with Gasteiger partial charge in [-0.2, -0.15) is 0 Å². The van der Waals surface area contributed by atoms with E-state index in [0.717, 1.165) is 12.8 Å². The lowest BCUT2D eigenvalue weighted by atomic mass is 10.2. The Bertz CT molecular complexity index is 653. The topological polar surface area (TPSA) is 14.8 Å². The average Bonchev–Trinajstić information content (AvgIpc) is 3.09. The lowest BCUT2D eigenvalue weighted by molar-refractivity contribution is 0.752. The maximum atomic E-state index is 2.32. The number of aromatic nitrogens is 3. The summed E-state index contributed by atoms with van der Waals surface area (Å²) in [6.45, 7) is 0. The molecule has 0 bridgehead atoms. The van der Waals surface area contributed by atoms with E-state index in [4.69, 9.17) is 0 Å². The van der Waals surface area contributed by atoms with E-state index in [-0.39, 0.29) is 0 Å². The van der Waals surface area contributed by atoms with Crippen LogP contribution in [0.15, 0.2) is 48.8 Å². The Labute approximate surface area is 120 Å². The van der Waals surface area contributed by atoms with E-state index >= 15 is 0 Å². The molecule has 0 radical (unpaired) electrons. The minimum atomic E-state index is 0.979. The Balaban J connectivity index is 1.82. The van der Waals surface area contributed by atoms with Gasteiger partial charge < -0.3 is 13.7 Å². The number of nitrogens with zero attached hydrogens (tertiary/aromatic N) is 3. The van der Waals surface area contributed by atoms with Gasteiger partial charge in [0.05, 0.1) is 0 Å². The zero-order valence-electron chi connectivity index (χ0n) is 12.4. The Morgan fingerprint density at radius 1 is 0.650 bits per heavy atom. The summed E-state index contributed by atoms with van der Waals surface area (Å²) in [5.41, 5.74) is 5.40. The van der Waals surface area contributed by atoms with E-state index in [1.165, 1.54) is 22.8 Å². The van der Waals surface area contributed by atoms with Crippen molar-refractivity contribution in [3.05, 3.63) is 71.6 Å². The fourth-order valence-corrected chi connectivity index (χ4v) is 2.69. The molecule has 0 saturated carbocycles. The van der Waals surface area contributed by atoms with Gasteiger partial charge in [0.15, 0.2) is 0 Å². The average molecular weight is 267 g/mol. The number of rotatable bonds is 4. The predicted molar refractivity (Wildman–Crippen MR) is 81.9 cm³/mol. The van der Waals surface area contributed by atoms with Crippen molar-refractivity contribution >= 4 is 0 Å². The number of hydrogen-bond acceptors (Lipinski definition) is 0. The molecule has 0 fully saturated rings. The van der Waals surface area contributed by atoms with Gasteiger partial charge in [0.2, 0.25) is 0 Å². The second-order valence-corrected chi connectivity index (χ2v) is 5.45. The van der Waals surface area contributed by atoms with Crippen LogP contribution in [0.2, 0.25) is 0 Å². The maximum Gasteiger partial charge on any atom is 0.0282 e. The fraction of sp³-hybridized carbons (Fsp3) is 0.294. The molecule has 0 N–H and O–H groups in total. The van der Waals surface area contributed by atoms with Crippen molar-refractivity contribution in [1.29, 1.82) is 0 Å². The van der Waals surface area contributed by atoms with Gasteiger partial charge in [-0.1, -0.05) is 0 Å². The molecule has 3 heterocycles. The van der Waals surface area contributed by atoms with E-state index in [9.17, 15) is 0 Å². The van der Waals surface area contributed by atoms with Crippen LogP contribution in [-0.2, 0) is 34.0 Å². The van der Waals surface area contributed by atoms with E-state index < -0.39 is 0 Å². The predicted octanol–water partition coefficient (Wildman–Crippen LogP) is 2.88. The molecule has 104 valence electrons. The molecule has 3 heteroatoms. The Hall–Kier alpha value is -2.16. The highest BCUT2D eigenvalue weighted by Gasteiger charge is 2.08. The quantitative estimate of drug-likeness (QED) is 0.690. The molecular weight excluding hydrogens is 246 g/mol. The lowest BCUT2D eigenvalue weighted by Gasteiger charge is -2.09. The summed E-state index contributed by atoms with van der Waals surface area (Å²) >= 11 is 0. The van der Waals surface area contributed by atoms with Gasteiger partial charge in [-0.25, -0.2) is 0 Å². The fourth-order valence-electron chi connectivity index (χ4n) is 2.69. The van der Waals surface area contributed by atoms with Gasteiger partial charge in [-0.05, 0) is 36.4 Å². The van der Waals surface area contributed by atoms with Crippen LogP contribution in [-0.4, -0.2) is 13.7 Å². The van der Waals surface area contributed by atoms with Crippen LogP contribution in [0, 0.1) is 0 Å². The van der Waals surface area contributed by atoms with Crippen LogP contribution >= 0.6 is 0 Å². The minimum absolute atomic E-state index is 0.979. The van der Waals surface area contributed by atoms with Gasteiger partial charge in [-0.15, -0.1) is 0 Å². The van der Waals surface area contributed by atoms with Crippen LogP contribution in [0.3, 0.4) is 0 Å². The molecule has 3 rings (SSSR count). The van der Waals surface area contributed by atoms with Crippen LogP contribution in [0.5, 0.6) is 0 Å². The normalized spacial score (nSPS) is 11.2. The summed E-state index contributed by atoms with van der Waals surface area (Å²) in [5.74, 6) is 0. The smallest absolute Gasteiger partial charge is 0.0282 e. The molecular formula is C17H21N3. The zero-order chi connectivity index (χ0) is 14.1. The molecule has 0 aliphatic carbocycles. The summed E-state index contributed by atoms with van der Waals surface area (Å²) in [7, 11) is 6.36. The van der Waals surface area contributed by atoms with Crippen molar-refractivity contribution in [2.24, 2.45) is 21.1 Å². The maximum absolute atomic E-state index is 2.32. The third kappa shape index (κ3) is 2.31. The minimum Gasteiger partial charge on any atom is -0.354 e.